The number of rotatable bonds is 10. The third-order valence-corrected chi connectivity index (χ3v) is 4.64. The molecule has 0 aromatic carbocycles. The Morgan fingerprint density at radius 3 is 1.90 bits per heavy atom. The van der Waals surface area contributed by atoms with E-state index in [-0.39, 0.29) is 11.2 Å². The van der Waals surface area contributed by atoms with Crippen LogP contribution in [0.25, 0.3) is 0 Å². The maximum atomic E-state index is 12.4. The first kappa shape index (κ1) is 18.7. The smallest absolute Gasteiger partial charge is 0.298 e. The Morgan fingerprint density at radius 2 is 1.38 bits per heavy atom. The Morgan fingerprint density at radius 1 is 0.857 bits per heavy atom. The van der Waals surface area contributed by atoms with Crippen molar-refractivity contribution in [2.24, 2.45) is 0 Å². The second kappa shape index (κ2) is 10.4. The Hall–Kier alpha value is -0.360. The molecule has 1 heterocycles. The molecule has 0 aliphatic carbocycles. The van der Waals surface area contributed by atoms with E-state index in [4.69, 9.17) is 0 Å². The Balaban J connectivity index is 2.79. The van der Waals surface area contributed by atoms with Crippen LogP contribution in [-0.4, -0.2) is 19.8 Å². The van der Waals surface area contributed by atoms with Crippen molar-refractivity contribution in [1.82, 2.24) is 9.13 Å². The summed E-state index contributed by atoms with van der Waals surface area (Å²) in [6.45, 7) is 3.05. The van der Waals surface area contributed by atoms with Crippen molar-refractivity contribution in [1.29, 1.82) is 0 Å². The van der Waals surface area contributed by atoms with Gasteiger partial charge in [0.1, 0.15) is 0 Å². The van der Waals surface area contributed by atoms with Gasteiger partial charge in [0.15, 0.2) is 0 Å². The molecular formula is C15H24Br2N2O2. The zero-order valence-electron chi connectivity index (χ0n) is 12.6. The Labute approximate surface area is 142 Å². The molecule has 1 aromatic heterocycles. The normalized spacial score (nSPS) is 11.0. The quantitative estimate of drug-likeness (QED) is 0.427. The van der Waals surface area contributed by atoms with Gasteiger partial charge in [0.2, 0.25) is 0 Å². The van der Waals surface area contributed by atoms with E-state index >= 15 is 0 Å². The summed E-state index contributed by atoms with van der Waals surface area (Å²) in [6, 6.07) is 1.58. The lowest BCUT2D eigenvalue weighted by molar-refractivity contribution is 0.497. The highest BCUT2D eigenvalue weighted by molar-refractivity contribution is 9.09. The molecule has 0 saturated carbocycles. The van der Waals surface area contributed by atoms with Crippen LogP contribution in [0.5, 0.6) is 0 Å². The second-order valence-electron chi connectivity index (χ2n) is 5.21. The van der Waals surface area contributed by atoms with Crippen LogP contribution < -0.4 is 11.2 Å². The molecule has 1 rings (SSSR count). The number of alkyl halides is 2. The van der Waals surface area contributed by atoms with E-state index in [1.807, 2.05) is 6.92 Å². The minimum absolute atomic E-state index is 0.155. The average Bonchev–Trinajstić information content (AvgIpc) is 2.45. The fourth-order valence-corrected chi connectivity index (χ4v) is 3.08. The van der Waals surface area contributed by atoms with Crippen LogP contribution in [0.1, 0.15) is 44.2 Å². The van der Waals surface area contributed by atoms with Crippen LogP contribution in [0.2, 0.25) is 0 Å². The van der Waals surface area contributed by atoms with Gasteiger partial charge in [-0.3, -0.25) is 13.9 Å². The van der Waals surface area contributed by atoms with E-state index in [1.165, 1.54) is 4.57 Å². The highest BCUT2D eigenvalue weighted by atomic mass is 79.9. The first-order valence-corrected chi connectivity index (χ1v) is 9.79. The molecule has 1 aromatic rings. The van der Waals surface area contributed by atoms with E-state index in [9.17, 15) is 9.59 Å². The van der Waals surface area contributed by atoms with E-state index in [0.717, 1.165) is 54.9 Å². The monoisotopic (exact) mass is 422 g/mol. The lowest BCUT2D eigenvalue weighted by Crippen LogP contribution is -2.40. The van der Waals surface area contributed by atoms with Gasteiger partial charge in [-0.2, -0.15) is 0 Å². The summed E-state index contributed by atoms with van der Waals surface area (Å²) in [5.74, 6) is 0. The van der Waals surface area contributed by atoms with Crippen LogP contribution in [-0.2, 0) is 13.1 Å². The first-order chi connectivity index (χ1) is 10.1. The minimum atomic E-state index is -0.173. The summed E-state index contributed by atoms with van der Waals surface area (Å²) in [5, 5.41) is 1.96. The Kier molecular flexibility index (Phi) is 9.24. The van der Waals surface area contributed by atoms with Gasteiger partial charge in [-0.15, -0.1) is 0 Å². The zero-order valence-corrected chi connectivity index (χ0v) is 15.8. The summed E-state index contributed by atoms with van der Waals surface area (Å²) in [4.78, 5) is 24.4. The van der Waals surface area contributed by atoms with E-state index < -0.39 is 0 Å². The summed E-state index contributed by atoms with van der Waals surface area (Å²) in [5.41, 5.74) is 0.436. The molecule has 120 valence electrons. The average molecular weight is 424 g/mol. The molecule has 0 aliphatic heterocycles. The van der Waals surface area contributed by atoms with Gasteiger partial charge < -0.3 is 0 Å². The van der Waals surface area contributed by atoms with Gasteiger partial charge in [0, 0.05) is 35.5 Å². The highest BCUT2D eigenvalue weighted by Gasteiger charge is 2.08. The van der Waals surface area contributed by atoms with Crippen molar-refractivity contribution < 1.29 is 0 Å². The van der Waals surface area contributed by atoms with Crippen molar-refractivity contribution in [2.45, 2.75) is 58.5 Å². The zero-order chi connectivity index (χ0) is 15.7. The molecule has 0 bridgehead atoms. The van der Waals surface area contributed by atoms with Crippen molar-refractivity contribution in [2.75, 3.05) is 10.7 Å². The molecule has 21 heavy (non-hydrogen) atoms. The second-order valence-corrected chi connectivity index (χ2v) is 6.80. The number of halogens is 2. The summed E-state index contributed by atoms with van der Waals surface area (Å²) in [6.07, 6.45) is 6.13. The van der Waals surface area contributed by atoms with E-state index in [2.05, 4.69) is 31.9 Å². The fraction of sp³-hybridized carbons (Fsp3) is 0.733. The maximum Gasteiger partial charge on any atom is 0.331 e. The molecule has 0 radical (unpaired) electrons. The number of hydrogen-bond donors (Lipinski definition) is 0. The van der Waals surface area contributed by atoms with Crippen LogP contribution in [0.3, 0.4) is 0 Å². The maximum absolute atomic E-state index is 12.4. The fourth-order valence-electron chi connectivity index (χ4n) is 2.29. The standard InChI is InChI=1S/C15H24Br2N2O2/c1-13-12-14(20)19(11-7-3-5-9-17)15(21)18(13)10-6-2-4-8-16/h12H,2-11H2,1H3. The largest absolute Gasteiger partial charge is 0.331 e. The molecule has 0 atom stereocenters. The lowest BCUT2D eigenvalue weighted by Gasteiger charge is -2.13. The number of aryl methyl sites for hydroxylation is 1. The van der Waals surface area contributed by atoms with Crippen molar-refractivity contribution in [3.05, 3.63) is 32.6 Å². The van der Waals surface area contributed by atoms with Gasteiger partial charge in [-0.25, -0.2) is 4.79 Å². The minimum Gasteiger partial charge on any atom is -0.298 e. The van der Waals surface area contributed by atoms with Gasteiger partial charge in [0.25, 0.3) is 5.56 Å². The van der Waals surface area contributed by atoms with Crippen LogP contribution in [0.4, 0.5) is 0 Å². The van der Waals surface area contributed by atoms with Crippen molar-refractivity contribution >= 4 is 31.9 Å². The van der Waals surface area contributed by atoms with Crippen LogP contribution >= 0.6 is 31.9 Å². The third kappa shape index (κ3) is 6.10. The molecule has 0 amide bonds. The van der Waals surface area contributed by atoms with Gasteiger partial charge in [-0.05, 0) is 32.6 Å². The molecule has 0 spiro atoms. The third-order valence-electron chi connectivity index (χ3n) is 3.52. The molecular weight excluding hydrogens is 400 g/mol. The van der Waals surface area contributed by atoms with Crippen molar-refractivity contribution in [3.63, 3.8) is 0 Å². The topological polar surface area (TPSA) is 44.0 Å². The summed E-state index contributed by atoms with van der Waals surface area (Å²) in [7, 11) is 0. The van der Waals surface area contributed by atoms with Crippen LogP contribution in [0, 0.1) is 6.92 Å². The predicted octanol–water partition coefficient (Wildman–Crippen LogP) is 3.45. The lowest BCUT2D eigenvalue weighted by atomic mass is 10.2. The molecule has 4 nitrogen and oxygen atoms in total. The summed E-state index contributed by atoms with van der Waals surface area (Å²) < 4.78 is 3.12. The number of nitrogens with zero attached hydrogens (tertiary/aromatic N) is 2. The highest BCUT2D eigenvalue weighted by Crippen LogP contribution is 2.03. The summed E-state index contributed by atoms with van der Waals surface area (Å²) >= 11 is 6.80. The van der Waals surface area contributed by atoms with E-state index in [1.54, 1.807) is 10.6 Å². The molecule has 0 unspecified atom stereocenters. The molecule has 0 N–H and O–H groups in total. The molecule has 0 aliphatic rings. The van der Waals surface area contributed by atoms with Gasteiger partial charge >= 0.3 is 5.69 Å². The van der Waals surface area contributed by atoms with Gasteiger partial charge in [0.05, 0.1) is 0 Å². The molecule has 6 heteroatoms. The number of unbranched alkanes of at least 4 members (excludes halogenated alkanes) is 4. The Bertz CT molecular complexity index is 537. The van der Waals surface area contributed by atoms with E-state index in [0.29, 0.717) is 13.1 Å². The predicted molar refractivity (Wildman–Crippen MR) is 95.0 cm³/mol. The number of aromatic nitrogens is 2. The van der Waals surface area contributed by atoms with Crippen LogP contribution in [0.15, 0.2) is 15.7 Å². The first-order valence-electron chi connectivity index (χ1n) is 7.55. The number of hydrogen-bond acceptors (Lipinski definition) is 2. The molecule has 0 fully saturated rings. The van der Waals surface area contributed by atoms with Gasteiger partial charge in [-0.1, -0.05) is 44.7 Å². The SMILES string of the molecule is Cc1cc(=O)n(CCCCCBr)c(=O)n1CCCCCBr. The van der Waals surface area contributed by atoms with Crippen molar-refractivity contribution in [3.8, 4) is 0 Å². The molecule has 0 saturated heterocycles.